The zero-order chi connectivity index (χ0) is 21.0. The van der Waals surface area contributed by atoms with Crippen LogP contribution in [-0.4, -0.2) is 27.6 Å². The van der Waals surface area contributed by atoms with Crippen molar-refractivity contribution in [2.45, 2.75) is 83.7 Å². The number of allylic oxidation sites excluding steroid dienone is 4. The van der Waals surface area contributed by atoms with Crippen molar-refractivity contribution in [3.05, 3.63) is 34.9 Å². The molecule has 0 saturated heterocycles. The molecule has 4 rings (SSSR count). The summed E-state index contributed by atoms with van der Waals surface area (Å²) in [6.45, 7) is 8.64. The first kappa shape index (κ1) is 20.6. The summed E-state index contributed by atoms with van der Waals surface area (Å²) in [5.41, 5.74) is 3.78. The summed E-state index contributed by atoms with van der Waals surface area (Å²) < 4.78 is 0. The predicted molar refractivity (Wildman–Crippen MR) is 112 cm³/mol. The van der Waals surface area contributed by atoms with Crippen LogP contribution in [0, 0.1) is 23.2 Å². The molecular formula is C25H34O4. The molecule has 0 aromatic rings. The number of carboxylic acid groups (broad SMARTS) is 1. The minimum absolute atomic E-state index is 0.0278. The van der Waals surface area contributed by atoms with Gasteiger partial charge in [-0.2, -0.15) is 0 Å². The Morgan fingerprint density at radius 1 is 1.24 bits per heavy atom. The van der Waals surface area contributed by atoms with Gasteiger partial charge in [0, 0.05) is 18.3 Å². The van der Waals surface area contributed by atoms with Gasteiger partial charge in [0.1, 0.15) is 0 Å². The number of fused-ring (bicyclic) bond motifs is 4. The van der Waals surface area contributed by atoms with Crippen molar-refractivity contribution in [1.82, 2.24) is 0 Å². The number of hydrogen-bond donors (Lipinski definition) is 2. The summed E-state index contributed by atoms with van der Waals surface area (Å²) in [5, 5.41) is 20.9. The number of carboxylic acids is 1. The molecule has 0 bridgehead atoms. The standard InChI is InChI=1S/C25H34O4/c1-4-16-14-24(3)21(11-12-25(24,29)15(2)5-10-22(27)28)20-8-6-17-13-18(26)7-9-19(17)23(16)20/h13,16,20-21,29H,2,4-12,14H2,1,3H3,(H,27,28)/t16-,20-,21-,24-,25+/m0/s1. The average molecular weight is 399 g/mol. The van der Waals surface area contributed by atoms with Gasteiger partial charge in [0.05, 0.1) is 5.60 Å². The van der Waals surface area contributed by atoms with Gasteiger partial charge in [-0.25, -0.2) is 0 Å². The topological polar surface area (TPSA) is 74.6 Å². The van der Waals surface area contributed by atoms with Crippen molar-refractivity contribution in [2.75, 3.05) is 0 Å². The van der Waals surface area contributed by atoms with Crippen LogP contribution in [0.25, 0.3) is 0 Å². The Balaban J connectivity index is 1.71. The van der Waals surface area contributed by atoms with Gasteiger partial charge in [-0.1, -0.05) is 26.0 Å². The first-order chi connectivity index (χ1) is 13.7. The van der Waals surface area contributed by atoms with Gasteiger partial charge >= 0.3 is 5.97 Å². The number of ketones is 1. The van der Waals surface area contributed by atoms with E-state index in [0.717, 1.165) is 38.5 Å². The Kier molecular flexibility index (Phi) is 5.13. The van der Waals surface area contributed by atoms with Crippen LogP contribution in [0.5, 0.6) is 0 Å². The minimum Gasteiger partial charge on any atom is -0.481 e. The molecule has 0 aliphatic heterocycles. The zero-order valence-electron chi connectivity index (χ0n) is 17.8. The third-order valence-electron chi connectivity index (χ3n) is 8.71. The van der Waals surface area contributed by atoms with Crippen LogP contribution in [0.3, 0.4) is 0 Å². The lowest BCUT2D eigenvalue weighted by Gasteiger charge is -2.55. The van der Waals surface area contributed by atoms with Crippen LogP contribution >= 0.6 is 0 Å². The molecular weight excluding hydrogens is 364 g/mol. The van der Waals surface area contributed by atoms with E-state index in [1.165, 1.54) is 11.1 Å². The van der Waals surface area contributed by atoms with E-state index in [1.807, 2.05) is 6.08 Å². The molecule has 0 radical (unpaired) electrons. The van der Waals surface area contributed by atoms with Gasteiger partial charge in [0.2, 0.25) is 0 Å². The molecule has 4 aliphatic rings. The fraction of sp³-hybridized carbons (Fsp3) is 0.680. The minimum atomic E-state index is -0.977. The number of aliphatic carboxylic acids is 1. The first-order valence-corrected chi connectivity index (χ1v) is 11.3. The number of aliphatic hydroxyl groups is 1. The van der Waals surface area contributed by atoms with Crippen LogP contribution in [0.15, 0.2) is 34.9 Å². The summed E-state index contributed by atoms with van der Waals surface area (Å²) in [5.74, 6) is 0.723. The van der Waals surface area contributed by atoms with Gasteiger partial charge in [-0.3, -0.25) is 9.59 Å². The first-order valence-electron chi connectivity index (χ1n) is 11.3. The highest BCUT2D eigenvalue weighted by Gasteiger charge is 2.63. The Labute approximate surface area is 173 Å². The van der Waals surface area contributed by atoms with Crippen LogP contribution in [0.1, 0.15) is 78.1 Å². The number of hydrogen-bond acceptors (Lipinski definition) is 3. The van der Waals surface area contributed by atoms with E-state index in [4.69, 9.17) is 5.11 Å². The third kappa shape index (κ3) is 3.06. The fourth-order valence-corrected chi connectivity index (χ4v) is 7.24. The monoisotopic (exact) mass is 398 g/mol. The average Bonchev–Trinajstić information content (AvgIpc) is 2.96. The maximum Gasteiger partial charge on any atom is 0.303 e. The predicted octanol–water partition coefficient (Wildman–Crippen LogP) is 4.98. The van der Waals surface area contributed by atoms with Crippen LogP contribution in [-0.2, 0) is 9.59 Å². The highest BCUT2D eigenvalue weighted by molar-refractivity contribution is 5.93. The molecule has 2 fully saturated rings. The summed E-state index contributed by atoms with van der Waals surface area (Å²) >= 11 is 0. The van der Waals surface area contributed by atoms with E-state index in [-0.39, 0.29) is 17.6 Å². The van der Waals surface area contributed by atoms with Crippen molar-refractivity contribution in [2.24, 2.45) is 23.2 Å². The van der Waals surface area contributed by atoms with E-state index in [2.05, 4.69) is 20.4 Å². The van der Waals surface area contributed by atoms with Crippen LogP contribution in [0.2, 0.25) is 0 Å². The normalized spacial score (nSPS) is 38.8. The molecule has 0 amide bonds. The maximum absolute atomic E-state index is 11.9. The molecule has 158 valence electrons. The number of rotatable bonds is 5. The van der Waals surface area contributed by atoms with Crippen molar-refractivity contribution >= 4 is 11.8 Å². The van der Waals surface area contributed by atoms with Crippen molar-refractivity contribution < 1.29 is 19.8 Å². The molecule has 4 heteroatoms. The third-order valence-corrected chi connectivity index (χ3v) is 8.71. The van der Waals surface area contributed by atoms with Crippen LogP contribution in [0.4, 0.5) is 0 Å². The lowest BCUT2D eigenvalue weighted by atomic mass is 9.51. The molecule has 0 heterocycles. The van der Waals surface area contributed by atoms with Crippen molar-refractivity contribution in [3.63, 3.8) is 0 Å². The summed E-state index contributed by atoms with van der Waals surface area (Å²) in [6.07, 6.45) is 9.42. The highest BCUT2D eigenvalue weighted by atomic mass is 16.4. The van der Waals surface area contributed by atoms with E-state index < -0.39 is 11.6 Å². The molecule has 4 nitrogen and oxygen atoms in total. The lowest BCUT2D eigenvalue weighted by molar-refractivity contribution is -0.137. The second-order valence-corrected chi connectivity index (χ2v) is 9.94. The molecule has 0 aromatic carbocycles. The van der Waals surface area contributed by atoms with E-state index >= 15 is 0 Å². The molecule has 2 saturated carbocycles. The van der Waals surface area contributed by atoms with Gasteiger partial charge in [-0.05, 0) is 91.9 Å². The Morgan fingerprint density at radius 2 is 2.00 bits per heavy atom. The summed E-state index contributed by atoms with van der Waals surface area (Å²) in [6, 6.07) is 0. The second kappa shape index (κ2) is 7.23. The summed E-state index contributed by atoms with van der Waals surface area (Å²) in [7, 11) is 0. The Hall–Kier alpha value is -1.68. The number of carbonyl (C=O) groups is 2. The maximum atomic E-state index is 11.9. The molecule has 29 heavy (non-hydrogen) atoms. The Bertz CT molecular complexity index is 819. The molecule has 4 aliphatic carbocycles. The van der Waals surface area contributed by atoms with Gasteiger partial charge in [0.25, 0.3) is 0 Å². The van der Waals surface area contributed by atoms with Gasteiger partial charge in [0.15, 0.2) is 5.78 Å². The molecule has 0 aromatic heterocycles. The number of carbonyl (C=O) groups excluding carboxylic acids is 1. The second-order valence-electron chi connectivity index (χ2n) is 9.94. The van der Waals surface area contributed by atoms with E-state index in [0.29, 0.717) is 42.6 Å². The summed E-state index contributed by atoms with van der Waals surface area (Å²) in [4.78, 5) is 23.0. The lowest BCUT2D eigenvalue weighted by Crippen LogP contribution is -2.52. The molecule has 2 N–H and O–H groups in total. The highest BCUT2D eigenvalue weighted by Crippen LogP contribution is 2.66. The SMILES string of the molecule is C=C(CCC(=O)O)[C@]1(O)CC[C@H]2[C@@H]3CCC4=CC(=O)CCC4=C3[C@@H](CC)C[C@@]21C. The quantitative estimate of drug-likeness (QED) is 0.641. The van der Waals surface area contributed by atoms with E-state index in [9.17, 15) is 14.7 Å². The molecule has 0 unspecified atom stereocenters. The fourth-order valence-electron chi connectivity index (χ4n) is 7.24. The molecule has 0 spiro atoms. The van der Waals surface area contributed by atoms with Crippen LogP contribution < -0.4 is 0 Å². The van der Waals surface area contributed by atoms with Crippen molar-refractivity contribution in [3.8, 4) is 0 Å². The van der Waals surface area contributed by atoms with E-state index in [1.54, 1.807) is 5.57 Å². The van der Waals surface area contributed by atoms with Crippen molar-refractivity contribution in [1.29, 1.82) is 0 Å². The molecule has 5 atom stereocenters. The zero-order valence-corrected chi connectivity index (χ0v) is 17.8. The van der Waals surface area contributed by atoms with Gasteiger partial charge in [-0.15, -0.1) is 0 Å². The van der Waals surface area contributed by atoms with Gasteiger partial charge < -0.3 is 10.2 Å². The smallest absolute Gasteiger partial charge is 0.303 e. The Morgan fingerprint density at radius 3 is 2.69 bits per heavy atom. The largest absolute Gasteiger partial charge is 0.481 e.